The fourth-order valence-electron chi connectivity index (χ4n) is 4.69. The highest BCUT2D eigenvalue weighted by molar-refractivity contribution is 5.58. The molecule has 2 saturated heterocycles. The molecule has 28 heavy (non-hydrogen) atoms. The Hall–Kier alpha value is -1.75. The third-order valence-electron chi connectivity index (χ3n) is 6.75. The first-order valence-electron chi connectivity index (χ1n) is 10.8. The number of piperidine rings is 1. The van der Waals surface area contributed by atoms with Gasteiger partial charge in [0.1, 0.15) is 0 Å². The molecule has 0 aliphatic carbocycles. The summed E-state index contributed by atoms with van der Waals surface area (Å²) in [4.78, 5) is 12.2. The zero-order chi connectivity index (χ0) is 19.3. The first-order valence-corrected chi connectivity index (χ1v) is 10.8. The number of benzene rings is 1. The molecule has 0 radical (unpaired) electrons. The van der Waals surface area contributed by atoms with E-state index in [1.54, 1.807) is 0 Å². The molecule has 4 nitrogen and oxygen atoms in total. The summed E-state index contributed by atoms with van der Waals surface area (Å²) in [6.07, 6.45) is 4.52. The van der Waals surface area contributed by atoms with Gasteiger partial charge in [0.25, 0.3) is 0 Å². The number of likely N-dealkylation sites (tertiary alicyclic amines) is 1. The zero-order valence-electron chi connectivity index (χ0n) is 17.4. The molecule has 4 heteroatoms. The van der Waals surface area contributed by atoms with Gasteiger partial charge in [0.15, 0.2) is 0 Å². The van der Waals surface area contributed by atoms with Crippen LogP contribution in [0.3, 0.4) is 0 Å². The molecular formula is C24H34N4. The normalized spacial score (nSPS) is 21.6. The molecule has 1 atom stereocenters. The molecule has 0 spiro atoms. The SMILES string of the molecule is C[C@H](C1CCN(Cc2ccc(-c3ccccn3)cc2)CC1)N1CCN(C)CC1. The Labute approximate surface area is 170 Å². The Kier molecular flexibility index (Phi) is 6.40. The van der Waals surface area contributed by atoms with Gasteiger partial charge in [-0.1, -0.05) is 30.3 Å². The van der Waals surface area contributed by atoms with Crippen LogP contribution in [0.25, 0.3) is 11.3 Å². The maximum atomic E-state index is 4.44. The van der Waals surface area contributed by atoms with Crippen LogP contribution in [0.5, 0.6) is 0 Å². The fraction of sp³-hybridized carbons (Fsp3) is 0.542. The summed E-state index contributed by atoms with van der Waals surface area (Å²) >= 11 is 0. The minimum atomic E-state index is 0.730. The van der Waals surface area contributed by atoms with Crippen molar-refractivity contribution < 1.29 is 0 Å². The molecule has 1 aromatic heterocycles. The third kappa shape index (κ3) is 4.80. The lowest BCUT2D eigenvalue weighted by Crippen LogP contribution is -2.51. The highest BCUT2D eigenvalue weighted by atomic mass is 15.3. The summed E-state index contributed by atoms with van der Waals surface area (Å²) in [5, 5.41) is 0. The molecular weight excluding hydrogens is 344 g/mol. The van der Waals surface area contributed by atoms with E-state index in [2.05, 4.69) is 64.0 Å². The van der Waals surface area contributed by atoms with Crippen molar-refractivity contribution >= 4 is 0 Å². The number of rotatable bonds is 5. The van der Waals surface area contributed by atoms with Crippen LogP contribution in [0.2, 0.25) is 0 Å². The van der Waals surface area contributed by atoms with E-state index in [-0.39, 0.29) is 0 Å². The predicted molar refractivity (Wildman–Crippen MR) is 116 cm³/mol. The maximum absolute atomic E-state index is 4.44. The van der Waals surface area contributed by atoms with E-state index in [0.717, 1.165) is 24.2 Å². The largest absolute Gasteiger partial charge is 0.304 e. The van der Waals surface area contributed by atoms with Gasteiger partial charge in [-0.2, -0.15) is 0 Å². The second-order valence-corrected chi connectivity index (χ2v) is 8.61. The zero-order valence-corrected chi connectivity index (χ0v) is 17.4. The monoisotopic (exact) mass is 378 g/mol. The van der Waals surface area contributed by atoms with Gasteiger partial charge in [-0.3, -0.25) is 14.8 Å². The van der Waals surface area contributed by atoms with Crippen LogP contribution < -0.4 is 0 Å². The smallest absolute Gasteiger partial charge is 0.0701 e. The highest BCUT2D eigenvalue weighted by Crippen LogP contribution is 2.26. The Balaban J connectivity index is 1.26. The Morgan fingerprint density at radius 3 is 2.29 bits per heavy atom. The molecule has 0 saturated carbocycles. The standard InChI is InChI=1S/C24H34N4/c1-20(28-17-15-26(2)16-18-28)22-10-13-27(14-11-22)19-21-6-8-23(9-7-21)24-5-3-4-12-25-24/h3-9,12,20,22H,10-11,13-19H2,1-2H3/t20-/m1/s1. The van der Waals surface area contributed by atoms with E-state index in [1.807, 2.05) is 18.3 Å². The molecule has 1 aromatic carbocycles. The van der Waals surface area contributed by atoms with Gasteiger partial charge in [-0.15, -0.1) is 0 Å². The summed E-state index contributed by atoms with van der Waals surface area (Å²) in [6, 6.07) is 15.8. The van der Waals surface area contributed by atoms with E-state index >= 15 is 0 Å². The van der Waals surface area contributed by atoms with Gasteiger partial charge in [0.2, 0.25) is 0 Å². The molecule has 0 amide bonds. The van der Waals surface area contributed by atoms with Gasteiger partial charge in [0, 0.05) is 50.5 Å². The number of nitrogens with zero attached hydrogens (tertiary/aromatic N) is 4. The van der Waals surface area contributed by atoms with Crippen molar-refractivity contribution in [3.8, 4) is 11.3 Å². The topological polar surface area (TPSA) is 22.6 Å². The maximum Gasteiger partial charge on any atom is 0.0701 e. The second kappa shape index (κ2) is 9.17. The Morgan fingerprint density at radius 1 is 0.929 bits per heavy atom. The van der Waals surface area contributed by atoms with Crippen LogP contribution in [0, 0.1) is 5.92 Å². The van der Waals surface area contributed by atoms with E-state index in [0.29, 0.717) is 0 Å². The Bertz CT molecular complexity index is 714. The van der Waals surface area contributed by atoms with Crippen LogP contribution in [-0.4, -0.2) is 72.0 Å². The van der Waals surface area contributed by atoms with Crippen molar-refractivity contribution in [1.29, 1.82) is 0 Å². The van der Waals surface area contributed by atoms with Crippen molar-refractivity contribution in [3.63, 3.8) is 0 Å². The van der Waals surface area contributed by atoms with Crippen molar-refractivity contribution in [3.05, 3.63) is 54.2 Å². The molecule has 2 aromatic rings. The first-order chi connectivity index (χ1) is 13.7. The lowest BCUT2D eigenvalue weighted by atomic mass is 9.89. The van der Waals surface area contributed by atoms with E-state index in [9.17, 15) is 0 Å². The second-order valence-electron chi connectivity index (χ2n) is 8.61. The highest BCUT2D eigenvalue weighted by Gasteiger charge is 2.29. The molecule has 4 rings (SSSR count). The van der Waals surface area contributed by atoms with Gasteiger partial charge in [-0.25, -0.2) is 0 Å². The number of hydrogen-bond donors (Lipinski definition) is 0. The van der Waals surface area contributed by atoms with Gasteiger partial charge >= 0.3 is 0 Å². The number of aromatic nitrogens is 1. The average Bonchev–Trinajstić information content (AvgIpc) is 2.75. The number of hydrogen-bond acceptors (Lipinski definition) is 4. The summed E-state index contributed by atoms with van der Waals surface area (Å²) in [5.74, 6) is 0.853. The minimum Gasteiger partial charge on any atom is -0.304 e. The lowest BCUT2D eigenvalue weighted by molar-refractivity contribution is 0.0598. The number of likely N-dealkylation sites (N-methyl/N-ethyl adjacent to an activating group) is 1. The van der Waals surface area contributed by atoms with Crippen LogP contribution >= 0.6 is 0 Å². The molecule has 0 bridgehead atoms. The van der Waals surface area contributed by atoms with Crippen LogP contribution in [0.15, 0.2) is 48.7 Å². The molecule has 0 unspecified atom stereocenters. The third-order valence-corrected chi connectivity index (χ3v) is 6.75. The summed E-state index contributed by atoms with van der Waals surface area (Å²) in [5.41, 5.74) is 3.65. The van der Waals surface area contributed by atoms with Crippen LogP contribution in [-0.2, 0) is 6.54 Å². The molecule has 2 aliphatic heterocycles. The van der Waals surface area contributed by atoms with Crippen molar-refractivity contribution in [2.75, 3.05) is 46.3 Å². The molecule has 150 valence electrons. The molecule has 2 aliphatic rings. The summed E-state index contributed by atoms with van der Waals surface area (Å²) < 4.78 is 0. The van der Waals surface area contributed by atoms with Gasteiger partial charge < -0.3 is 4.90 Å². The van der Waals surface area contributed by atoms with Crippen molar-refractivity contribution in [1.82, 2.24) is 19.7 Å². The average molecular weight is 379 g/mol. The lowest BCUT2D eigenvalue weighted by Gasteiger charge is -2.42. The summed E-state index contributed by atoms with van der Waals surface area (Å²) in [6.45, 7) is 10.9. The minimum absolute atomic E-state index is 0.730. The van der Waals surface area contributed by atoms with Gasteiger partial charge in [-0.05, 0) is 63.5 Å². The fourth-order valence-corrected chi connectivity index (χ4v) is 4.69. The van der Waals surface area contributed by atoms with E-state index in [1.165, 1.54) is 63.2 Å². The number of pyridine rings is 1. The number of piperazine rings is 1. The predicted octanol–water partition coefficient (Wildman–Crippen LogP) is 3.60. The molecule has 3 heterocycles. The van der Waals surface area contributed by atoms with Crippen molar-refractivity contribution in [2.45, 2.75) is 32.4 Å². The quantitative estimate of drug-likeness (QED) is 0.793. The van der Waals surface area contributed by atoms with Crippen LogP contribution in [0.4, 0.5) is 0 Å². The van der Waals surface area contributed by atoms with Crippen LogP contribution in [0.1, 0.15) is 25.3 Å². The van der Waals surface area contributed by atoms with Gasteiger partial charge in [0.05, 0.1) is 5.69 Å². The van der Waals surface area contributed by atoms with E-state index in [4.69, 9.17) is 0 Å². The molecule has 0 N–H and O–H groups in total. The first kappa shape index (κ1) is 19.6. The van der Waals surface area contributed by atoms with Crippen molar-refractivity contribution in [2.24, 2.45) is 5.92 Å². The molecule has 2 fully saturated rings. The van der Waals surface area contributed by atoms with E-state index < -0.39 is 0 Å². The Morgan fingerprint density at radius 2 is 1.64 bits per heavy atom. The summed E-state index contributed by atoms with van der Waals surface area (Å²) in [7, 11) is 2.24.